The Morgan fingerprint density at radius 3 is 1.38 bits per heavy atom. The summed E-state index contributed by atoms with van der Waals surface area (Å²) in [5.41, 5.74) is 15.5. The molecule has 0 spiro atoms. The molecule has 2 heteroatoms. The summed E-state index contributed by atoms with van der Waals surface area (Å²) in [6.45, 7) is 0. The molecule has 0 N–H and O–H groups in total. The van der Waals surface area contributed by atoms with E-state index in [-0.39, 0.29) is 0 Å². The van der Waals surface area contributed by atoms with Crippen LogP contribution in [0.3, 0.4) is 0 Å². The first kappa shape index (κ1) is 35.6. The molecule has 1 aromatic heterocycles. The van der Waals surface area contributed by atoms with Crippen LogP contribution in [-0.4, -0.2) is 0 Å². The van der Waals surface area contributed by atoms with Crippen molar-refractivity contribution in [2.24, 2.45) is 0 Å². The molecule has 0 aliphatic carbocycles. The van der Waals surface area contributed by atoms with Crippen molar-refractivity contribution in [2.75, 3.05) is 4.90 Å². The quantitative estimate of drug-likeness (QED) is 0.148. The van der Waals surface area contributed by atoms with Gasteiger partial charge in [0, 0.05) is 37.2 Å². The molecule has 0 radical (unpaired) electrons. The lowest BCUT2D eigenvalue weighted by Crippen LogP contribution is -2.09. The summed E-state index contributed by atoms with van der Waals surface area (Å²) in [6, 6.07) is 86.0. The van der Waals surface area contributed by atoms with Crippen LogP contribution in [0.2, 0.25) is 0 Å². The van der Waals surface area contributed by atoms with E-state index in [2.05, 4.69) is 241 Å². The van der Waals surface area contributed by atoms with Crippen molar-refractivity contribution in [1.82, 2.24) is 0 Å². The molecule has 1 heterocycles. The van der Waals surface area contributed by atoms with Gasteiger partial charge in [-0.25, -0.2) is 0 Å². The second-order valence-corrected chi connectivity index (χ2v) is 16.4. The van der Waals surface area contributed by atoms with Crippen LogP contribution in [0.15, 0.2) is 237 Å². The van der Waals surface area contributed by atoms with Gasteiger partial charge >= 0.3 is 0 Å². The predicted octanol–water partition coefficient (Wildman–Crippen LogP) is 17.0. The summed E-state index contributed by atoms with van der Waals surface area (Å²) in [5.74, 6) is 0. The van der Waals surface area contributed by atoms with E-state index in [1.807, 2.05) is 11.3 Å². The third-order valence-electron chi connectivity index (χ3n) is 11.7. The zero-order valence-corrected chi connectivity index (χ0v) is 33.7. The molecule has 0 atom stereocenters. The van der Waals surface area contributed by atoms with Crippen LogP contribution in [0.5, 0.6) is 0 Å². The largest absolute Gasteiger partial charge is 0.311 e. The number of benzene rings is 10. The topological polar surface area (TPSA) is 3.24 Å². The minimum absolute atomic E-state index is 1.10. The standard InChI is InChI=1S/C58H39NS/c1-2-11-40(12-3-1)41-23-25-42(26-24-41)43-27-33-49(34-28-43)59(51-37-31-46(32-38-51)54-20-10-21-56-55-18-6-7-22-57(55)60-58(54)56)50-35-29-44(30-36-50)47-15-8-16-48(39-47)53-19-9-14-45-13-4-5-17-52(45)53/h1-39H. The number of thiophene rings is 1. The molecule has 1 nitrogen and oxygen atoms in total. The summed E-state index contributed by atoms with van der Waals surface area (Å²) in [5, 5.41) is 5.16. The molecular weight excluding hydrogens is 743 g/mol. The first-order valence-corrected chi connectivity index (χ1v) is 21.3. The van der Waals surface area contributed by atoms with Crippen molar-refractivity contribution in [3.63, 3.8) is 0 Å². The smallest absolute Gasteiger partial charge is 0.0462 e. The number of anilines is 3. The van der Waals surface area contributed by atoms with Crippen LogP contribution in [0.4, 0.5) is 17.1 Å². The van der Waals surface area contributed by atoms with Gasteiger partial charge in [0.15, 0.2) is 0 Å². The molecule has 0 aliphatic rings. The summed E-state index contributed by atoms with van der Waals surface area (Å²) >= 11 is 1.88. The second kappa shape index (κ2) is 15.3. The molecular formula is C58H39NS. The van der Waals surface area contributed by atoms with E-state index < -0.39 is 0 Å². The van der Waals surface area contributed by atoms with E-state index in [1.54, 1.807) is 0 Å². The fraction of sp³-hybridized carbons (Fsp3) is 0. The lowest BCUT2D eigenvalue weighted by molar-refractivity contribution is 1.28. The van der Waals surface area contributed by atoms with Crippen LogP contribution in [0, 0.1) is 0 Å². The molecule has 11 rings (SSSR count). The monoisotopic (exact) mass is 781 g/mol. The minimum Gasteiger partial charge on any atom is -0.311 e. The third-order valence-corrected chi connectivity index (χ3v) is 12.9. The van der Waals surface area contributed by atoms with E-state index in [0.717, 1.165) is 17.1 Å². The number of fused-ring (bicyclic) bond motifs is 4. The Labute approximate surface area is 354 Å². The van der Waals surface area contributed by atoms with Crippen molar-refractivity contribution in [3.8, 4) is 55.6 Å². The Balaban J connectivity index is 0.950. The number of rotatable bonds is 8. The fourth-order valence-corrected chi connectivity index (χ4v) is 9.89. The lowest BCUT2D eigenvalue weighted by Gasteiger charge is -2.26. The van der Waals surface area contributed by atoms with Crippen molar-refractivity contribution < 1.29 is 0 Å². The summed E-state index contributed by atoms with van der Waals surface area (Å²) < 4.78 is 2.65. The zero-order chi connectivity index (χ0) is 39.8. The molecule has 0 fully saturated rings. The third kappa shape index (κ3) is 6.63. The average molecular weight is 782 g/mol. The number of hydrogen-bond donors (Lipinski definition) is 0. The Morgan fingerprint density at radius 1 is 0.267 bits per heavy atom. The Bertz CT molecular complexity index is 3270. The van der Waals surface area contributed by atoms with Gasteiger partial charge in [0.1, 0.15) is 0 Å². The van der Waals surface area contributed by atoms with Gasteiger partial charge in [0.2, 0.25) is 0 Å². The fourth-order valence-electron chi connectivity index (χ4n) is 8.65. The molecule has 60 heavy (non-hydrogen) atoms. The zero-order valence-electron chi connectivity index (χ0n) is 32.9. The van der Waals surface area contributed by atoms with Gasteiger partial charge in [-0.1, -0.05) is 188 Å². The molecule has 0 unspecified atom stereocenters. The van der Waals surface area contributed by atoms with Gasteiger partial charge in [-0.05, 0) is 115 Å². The first-order chi connectivity index (χ1) is 29.7. The van der Waals surface area contributed by atoms with Crippen LogP contribution in [0.1, 0.15) is 0 Å². The van der Waals surface area contributed by atoms with Gasteiger partial charge in [0.25, 0.3) is 0 Å². The van der Waals surface area contributed by atoms with E-state index in [4.69, 9.17) is 0 Å². The maximum absolute atomic E-state index is 2.36. The summed E-state index contributed by atoms with van der Waals surface area (Å²) in [7, 11) is 0. The van der Waals surface area contributed by atoms with E-state index in [1.165, 1.54) is 86.6 Å². The van der Waals surface area contributed by atoms with Gasteiger partial charge < -0.3 is 4.90 Å². The first-order valence-electron chi connectivity index (χ1n) is 20.5. The molecule has 0 saturated heterocycles. The van der Waals surface area contributed by atoms with Crippen LogP contribution in [0.25, 0.3) is 86.6 Å². The molecule has 0 aliphatic heterocycles. The van der Waals surface area contributed by atoms with E-state index in [0.29, 0.717) is 0 Å². The Kier molecular flexibility index (Phi) is 9.11. The van der Waals surface area contributed by atoms with E-state index >= 15 is 0 Å². The highest BCUT2D eigenvalue weighted by atomic mass is 32.1. The Morgan fingerprint density at radius 2 is 0.700 bits per heavy atom. The number of nitrogens with zero attached hydrogens (tertiary/aromatic N) is 1. The van der Waals surface area contributed by atoms with Gasteiger partial charge in [0.05, 0.1) is 0 Å². The highest BCUT2D eigenvalue weighted by Gasteiger charge is 2.16. The average Bonchev–Trinajstić information content (AvgIpc) is 3.72. The van der Waals surface area contributed by atoms with E-state index in [9.17, 15) is 0 Å². The summed E-state index contributed by atoms with van der Waals surface area (Å²) in [6.07, 6.45) is 0. The predicted molar refractivity (Wildman–Crippen MR) is 259 cm³/mol. The van der Waals surface area contributed by atoms with Crippen LogP contribution in [-0.2, 0) is 0 Å². The SMILES string of the molecule is c1ccc(-c2ccc(-c3ccc(N(c4ccc(-c5cccc(-c6cccc7ccccc67)c5)cc4)c4ccc(-c5cccc6c5sc5ccccc56)cc4)cc3)cc2)cc1. The van der Waals surface area contributed by atoms with Crippen molar-refractivity contribution in [3.05, 3.63) is 237 Å². The molecule has 282 valence electrons. The Hall–Kier alpha value is -7.52. The van der Waals surface area contributed by atoms with Crippen LogP contribution < -0.4 is 4.90 Å². The van der Waals surface area contributed by atoms with Crippen LogP contribution >= 0.6 is 11.3 Å². The van der Waals surface area contributed by atoms with Crippen molar-refractivity contribution in [2.45, 2.75) is 0 Å². The lowest BCUT2D eigenvalue weighted by atomic mass is 9.95. The van der Waals surface area contributed by atoms with Crippen molar-refractivity contribution in [1.29, 1.82) is 0 Å². The van der Waals surface area contributed by atoms with Gasteiger partial charge in [-0.2, -0.15) is 0 Å². The highest BCUT2D eigenvalue weighted by Crippen LogP contribution is 2.42. The number of hydrogen-bond acceptors (Lipinski definition) is 2. The molecule has 0 saturated carbocycles. The minimum atomic E-state index is 1.10. The normalized spacial score (nSPS) is 11.3. The van der Waals surface area contributed by atoms with Crippen molar-refractivity contribution >= 4 is 59.3 Å². The highest BCUT2D eigenvalue weighted by molar-refractivity contribution is 7.26. The second-order valence-electron chi connectivity index (χ2n) is 15.3. The van der Waals surface area contributed by atoms with Gasteiger partial charge in [-0.3, -0.25) is 0 Å². The maximum atomic E-state index is 2.36. The van der Waals surface area contributed by atoms with Gasteiger partial charge in [-0.15, -0.1) is 11.3 Å². The molecule has 0 amide bonds. The molecule has 0 bridgehead atoms. The molecule has 10 aromatic carbocycles. The molecule has 11 aromatic rings. The summed E-state index contributed by atoms with van der Waals surface area (Å²) in [4.78, 5) is 2.36. The maximum Gasteiger partial charge on any atom is 0.0462 e.